The molecule has 2 aliphatic heterocycles. The van der Waals surface area contributed by atoms with Crippen LogP contribution in [0.15, 0.2) is 35.5 Å². The standard InChI is InChI=1S/C22H27N3O3/c1-3-28-16-8-6-14(7-9-16)20-19-18(24(2)22(27)23-20)12-25(21(19)26)17-11-13-4-5-15(17)10-13/h6-9,13,15,17,20H,3-5,10-12H2,1-2H3,(H,23,27). The molecule has 3 amide bonds. The van der Waals surface area contributed by atoms with Crippen LogP contribution in [-0.2, 0) is 4.79 Å². The Balaban J connectivity index is 1.46. The van der Waals surface area contributed by atoms with Gasteiger partial charge in [-0.2, -0.15) is 0 Å². The number of amides is 3. The van der Waals surface area contributed by atoms with Crippen molar-refractivity contribution < 1.29 is 14.3 Å². The number of hydrogen-bond donors (Lipinski definition) is 1. The van der Waals surface area contributed by atoms with Gasteiger partial charge in [-0.1, -0.05) is 18.6 Å². The molecule has 0 saturated heterocycles. The Morgan fingerprint density at radius 3 is 2.57 bits per heavy atom. The molecule has 2 bridgehead atoms. The first-order valence-electron chi connectivity index (χ1n) is 10.4. The van der Waals surface area contributed by atoms with Gasteiger partial charge in [0.05, 0.1) is 30.5 Å². The minimum absolute atomic E-state index is 0.0956. The van der Waals surface area contributed by atoms with Gasteiger partial charge in [-0.25, -0.2) is 4.79 Å². The smallest absolute Gasteiger partial charge is 0.322 e. The normalized spacial score (nSPS) is 31.5. The summed E-state index contributed by atoms with van der Waals surface area (Å²) >= 11 is 0. The fourth-order valence-corrected chi connectivity index (χ4v) is 5.62. The largest absolute Gasteiger partial charge is 0.494 e. The Morgan fingerprint density at radius 1 is 1.14 bits per heavy atom. The Morgan fingerprint density at radius 2 is 1.93 bits per heavy atom. The molecule has 1 N–H and O–H groups in total. The average Bonchev–Trinajstić information content (AvgIpc) is 3.40. The SMILES string of the molecule is CCOc1ccc(C2NC(=O)N(C)C3=C2C(=O)N(C2CC4CCC2C4)C3)cc1. The fraction of sp³-hybridized carbons (Fsp3) is 0.545. The molecule has 2 saturated carbocycles. The molecule has 0 radical (unpaired) electrons. The van der Waals surface area contributed by atoms with Gasteiger partial charge in [-0.05, 0) is 55.7 Å². The van der Waals surface area contributed by atoms with Gasteiger partial charge in [0, 0.05) is 13.1 Å². The molecule has 0 spiro atoms. The van der Waals surface area contributed by atoms with Crippen molar-refractivity contribution in [2.75, 3.05) is 20.2 Å². The lowest BCUT2D eigenvalue weighted by atomic mass is 9.93. The summed E-state index contributed by atoms with van der Waals surface area (Å²) in [4.78, 5) is 29.7. The van der Waals surface area contributed by atoms with Crippen molar-refractivity contribution in [3.8, 4) is 5.75 Å². The minimum Gasteiger partial charge on any atom is -0.494 e. The number of urea groups is 1. The summed E-state index contributed by atoms with van der Waals surface area (Å²) in [6, 6.07) is 7.47. The molecule has 5 rings (SSSR count). The van der Waals surface area contributed by atoms with Crippen LogP contribution in [0.4, 0.5) is 4.79 Å². The van der Waals surface area contributed by atoms with Gasteiger partial charge in [0.15, 0.2) is 0 Å². The summed E-state index contributed by atoms with van der Waals surface area (Å²) in [5.74, 6) is 2.30. The van der Waals surface area contributed by atoms with E-state index in [1.807, 2.05) is 36.1 Å². The summed E-state index contributed by atoms with van der Waals surface area (Å²) in [6.45, 7) is 3.11. The van der Waals surface area contributed by atoms with E-state index in [9.17, 15) is 9.59 Å². The molecule has 2 fully saturated rings. The monoisotopic (exact) mass is 381 g/mol. The van der Waals surface area contributed by atoms with E-state index >= 15 is 0 Å². The highest BCUT2D eigenvalue weighted by atomic mass is 16.5. The second-order valence-corrected chi connectivity index (χ2v) is 8.48. The van der Waals surface area contributed by atoms with Crippen LogP contribution in [-0.4, -0.2) is 48.0 Å². The number of nitrogens with one attached hydrogen (secondary N) is 1. The third-order valence-electron chi connectivity index (χ3n) is 7.01. The van der Waals surface area contributed by atoms with Crippen LogP contribution in [0.3, 0.4) is 0 Å². The predicted molar refractivity (Wildman–Crippen MR) is 105 cm³/mol. The number of likely N-dealkylation sites (N-methyl/N-ethyl adjacent to an activating group) is 1. The lowest BCUT2D eigenvalue weighted by Crippen LogP contribution is -2.45. The molecule has 4 aliphatic rings. The van der Waals surface area contributed by atoms with E-state index in [-0.39, 0.29) is 11.9 Å². The molecular weight excluding hydrogens is 354 g/mol. The zero-order valence-corrected chi connectivity index (χ0v) is 16.5. The van der Waals surface area contributed by atoms with E-state index in [0.29, 0.717) is 25.1 Å². The molecule has 0 aromatic heterocycles. The van der Waals surface area contributed by atoms with Crippen LogP contribution in [0.1, 0.15) is 44.2 Å². The Hall–Kier alpha value is -2.50. The second-order valence-electron chi connectivity index (χ2n) is 8.48. The molecule has 1 aromatic rings. The van der Waals surface area contributed by atoms with Crippen LogP contribution in [0, 0.1) is 11.8 Å². The summed E-state index contributed by atoms with van der Waals surface area (Å²) < 4.78 is 5.52. The first kappa shape index (κ1) is 17.6. The Labute approximate surface area is 165 Å². The number of ether oxygens (including phenoxy) is 1. The molecule has 6 nitrogen and oxygen atoms in total. The maximum Gasteiger partial charge on any atom is 0.322 e. The van der Waals surface area contributed by atoms with Crippen molar-refractivity contribution in [2.45, 2.75) is 44.7 Å². The van der Waals surface area contributed by atoms with Crippen molar-refractivity contribution >= 4 is 11.9 Å². The zero-order chi connectivity index (χ0) is 19.4. The van der Waals surface area contributed by atoms with E-state index < -0.39 is 6.04 Å². The summed E-state index contributed by atoms with van der Waals surface area (Å²) in [5.41, 5.74) is 2.50. The third kappa shape index (κ3) is 2.61. The maximum atomic E-state index is 13.5. The zero-order valence-electron chi connectivity index (χ0n) is 16.5. The van der Waals surface area contributed by atoms with E-state index in [1.54, 1.807) is 11.9 Å². The molecule has 4 unspecified atom stereocenters. The fourth-order valence-electron chi connectivity index (χ4n) is 5.62. The highest BCUT2D eigenvalue weighted by Gasteiger charge is 2.50. The van der Waals surface area contributed by atoms with Gasteiger partial charge < -0.3 is 15.0 Å². The van der Waals surface area contributed by atoms with Gasteiger partial charge in [0.25, 0.3) is 5.91 Å². The van der Waals surface area contributed by atoms with E-state index in [1.165, 1.54) is 19.3 Å². The number of nitrogens with zero attached hydrogens (tertiary/aromatic N) is 2. The maximum absolute atomic E-state index is 13.5. The molecule has 6 heteroatoms. The molecular formula is C22H27N3O3. The summed E-state index contributed by atoms with van der Waals surface area (Å²) in [6.07, 6.45) is 4.93. The van der Waals surface area contributed by atoms with Crippen molar-refractivity contribution in [3.05, 3.63) is 41.1 Å². The Kier molecular flexibility index (Phi) is 4.11. The van der Waals surface area contributed by atoms with Crippen LogP contribution >= 0.6 is 0 Å². The molecule has 2 heterocycles. The van der Waals surface area contributed by atoms with Crippen LogP contribution < -0.4 is 10.1 Å². The van der Waals surface area contributed by atoms with Gasteiger partial charge in [-0.3, -0.25) is 9.69 Å². The van der Waals surface area contributed by atoms with Crippen LogP contribution in [0.25, 0.3) is 0 Å². The summed E-state index contributed by atoms with van der Waals surface area (Å²) in [7, 11) is 1.76. The first-order chi connectivity index (χ1) is 13.6. The predicted octanol–water partition coefficient (Wildman–Crippen LogP) is 3.07. The minimum atomic E-state index is -0.398. The number of benzene rings is 1. The van der Waals surface area contributed by atoms with Gasteiger partial charge >= 0.3 is 6.03 Å². The van der Waals surface area contributed by atoms with Crippen molar-refractivity contribution in [3.63, 3.8) is 0 Å². The van der Waals surface area contributed by atoms with Crippen molar-refractivity contribution in [2.24, 2.45) is 11.8 Å². The Bertz CT molecular complexity index is 847. The average molecular weight is 381 g/mol. The van der Waals surface area contributed by atoms with E-state index in [0.717, 1.165) is 34.9 Å². The topological polar surface area (TPSA) is 61.9 Å². The van der Waals surface area contributed by atoms with E-state index in [4.69, 9.17) is 4.74 Å². The molecule has 28 heavy (non-hydrogen) atoms. The number of carbonyl (C=O) groups excluding carboxylic acids is 2. The molecule has 4 atom stereocenters. The lowest BCUT2D eigenvalue weighted by Gasteiger charge is -2.32. The number of fused-ring (bicyclic) bond motifs is 2. The summed E-state index contributed by atoms with van der Waals surface area (Å²) in [5, 5.41) is 3.02. The number of carbonyl (C=O) groups is 2. The van der Waals surface area contributed by atoms with Crippen LogP contribution in [0.5, 0.6) is 5.75 Å². The molecule has 148 valence electrons. The lowest BCUT2D eigenvalue weighted by molar-refractivity contribution is -0.128. The molecule has 2 aliphatic carbocycles. The molecule has 1 aromatic carbocycles. The van der Waals surface area contributed by atoms with Gasteiger partial charge in [0.2, 0.25) is 0 Å². The van der Waals surface area contributed by atoms with Crippen molar-refractivity contribution in [1.29, 1.82) is 0 Å². The van der Waals surface area contributed by atoms with Gasteiger partial charge in [0.1, 0.15) is 5.75 Å². The van der Waals surface area contributed by atoms with E-state index in [2.05, 4.69) is 5.32 Å². The third-order valence-corrected chi connectivity index (χ3v) is 7.01. The number of rotatable bonds is 4. The highest BCUT2D eigenvalue weighted by molar-refractivity contribution is 6.01. The second kappa shape index (κ2) is 6.54. The highest BCUT2D eigenvalue weighted by Crippen LogP contribution is 2.49. The van der Waals surface area contributed by atoms with Gasteiger partial charge in [-0.15, -0.1) is 0 Å². The quantitative estimate of drug-likeness (QED) is 0.872. The van der Waals surface area contributed by atoms with Crippen LogP contribution in [0.2, 0.25) is 0 Å². The van der Waals surface area contributed by atoms with Crippen molar-refractivity contribution in [1.82, 2.24) is 15.1 Å². The first-order valence-corrected chi connectivity index (χ1v) is 10.4. The number of hydrogen-bond acceptors (Lipinski definition) is 3.